The van der Waals surface area contributed by atoms with Crippen molar-refractivity contribution in [2.24, 2.45) is 0 Å². The molecule has 1 saturated heterocycles. The molecule has 24 heavy (non-hydrogen) atoms. The summed E-state index contributed by atoms with van der Waals surface area (Å²) in [6, 6.07) is 9.50. The van der Waals surface area contributed by atoms with Crippen LogP contribution >= 0.6 is 11.6 Å². The molecule has 128 valence electrons. The highest BCUT2D eigenvalue weighted by Crippen LogP contribution is 2.32. The van der Waals surface area contributed by atoms with Gasteiger partial charge in [0, 0.05) is 43.3 Å². The fourth-order valence-corrected chi connectivity index (χ4v) is 3.13. The fraction of sp³-hybridized carbons (Fsp3) is 0.333. The lowest BCUT2D eigenvalue weighted by molar-refractivity contribution is 0.242. The Morgan fingerprint density at radius 3 is 2.33 bits per heavy atom. The monoisotopic (exact) mass is 352 g/mol. The molecule has 3 rings (SSSR count). The minimum absolute atomic E-state index is 0.131. The van der Waals surface area contributed by atoms with Crippen LogP contribution in [0.25, 0.3) is 0 Å². The third kappa shape index (κ3) is 3.62. The highest BCUT2D eigenvalue weighted by atomic mass is 35.5. The van der Waals surface area contributed by atoms with Gasteiger partial charge in [-0.15, -0.1) is 0 Å². The summed E-state index contributed by atoms with van der Waals surface area (Å²) in [7, 11) is 1.63. The topological polar surface area (TPSA) is 15.7 Å². The lowest BCUT2D eigenvalue weighted by atomic mass is 10.1. The zero-order chi connectivity index (χ0) is 17.1. The molecule has 0 aromatic heterocycles. The maximum Gasteiger partial charge on any atom is 0.142 e. The first-order valence-electron chi connectivity index (χ1n) is 7.82. The second-order valence-corrected chi connectivity index (χ2v) is 6.22. The van der Waals surface area contributed by atoms with Crippen LogP contribution in [-0.4, -0.2) is 38.2 Å². The summed E-state index contributed by atoms with van der Waals surface area (Å²) in [5, 5.41) is 0.654. The predicted molar refractivity (Wildman–Crippen MR) is 91.9 cm³/mol. The van der Waals surface area contributed by atoms with Crippen molar-refractivity contribution in [1.29, 1.82) is 0 Å². The van der Waals surface area contributed by atoms with Gasteiger partial charge < -0.3 is 9.64 Å². The Morgan fingerprint density at radius 2 is 1.71 bits per heavy atom. The van der Waals surface area contributed by atoms with Crippen LogP contribution in [0.15, 0.2) is 36.4 Å². The van der Waals surface area contributed by atoms with Crippen molar-refractivity contribution in [1.82, 2.24) is 4.90 Å². The molecule has 0 bridgehead atoms. The molecule has 0 atom stereocenters. The lowest BCUT2D eigenvalue weighted by Gasteiger charge is -2.36. The number of rotatable bonds is 4. The Bertz CT molecular complexity index is 698. The van der Waals surface area contributed by atoms with Gasteiger partial charge in [-0.25, -0.2) is 8.78 Å². The minimum Gasteiger partial charge on any atom is -0.495 e. The van der Waals surface area contributed by atoms with Crippen molar-refractivity contribution in [2.75, 3.05) is 38.2 Å². The Labute approximate surface area is 145 Å². The Hall–Kier alpha value is -1.85. The Balaban J connectivity index is 1.67. The number of hydrogen-bond donors (Lipinski definition) is 0. The maximum atomic E-state index is 13.8. The van der Waals surface area contributed by atoms with Gasteiger partial charge in [0.15, 0.2) is 0 Å². The molecule has 6 heteroatoms. The number of anilines is 1. The predicted octanol–water partition coefficient (Wildman–Crippen LogP) is 3.95. The average molecular weight is 353 g/mol. The van der Waals surface area contributed by atoms with Gasteiger partial charge in [0.25, 0.3) is 0 Å². The summed E-state index contributed by atoms with van der Waals surface area (Å²) in [6.07, 6.45) is 0. The Kier molecular flexibility index (Phi) is 5.21. The number of hydrogen-bond acceptors (Lipinski definition) is 3. The zero-order valence-electron chi connectivity index (χ0n) is 13.4. The smallest absolute Gasteiger partial charge is 0.142 e. The second kappa shape index (κ2) is 7.36. The molecule has 0 saturated carbocycles. The molecular formula is C18H19ClF2N2O. The van der Waals surface area contributed by atoms with Crippen LogP contribution in [0, 0.1) is 11.6 Å². The van der Waals surface area contributed by atoms with Crippen LogP contribution in [0.1, 0.15) is 5.56 Å². The molecule has 2 aromatic rings. The van der Waals surface area contributed by atoms with E-state index >= 15 is 0 Å². The van der Waals surface area contributed by atoms with Crippen molar-refractivity contribution < 1.29 is 13.5 Å². The number of piperazine rings is 1. The lowest BCUT2D eigenvalue weighted by Crippen LogP contribution is -2.46. The molecule has 0 spiro atoms. The van der Waals surface area contributed by atoms with E-state index in [1.165, 1.54) is 18.2 Å². The molecule has 1 fully saturated rings. The van der Waals surface area contributed by atoms with Crippen molar-refractivity contribution in [2.45, 2.75) is 6.54 Å². The second-order valence-electron chi connectivity index (χ2n) is 5.78. The quantitative estimate of drug-likeness (QED) is 0.828. The molecule has 0 radical (unpaired) electrons. The van der Waals surface area contributed by atoms with Crippen molar-refractivity contribution in [3.8, 4) is 5.75 Å². The molecule has 2 aromatic carbocycles. The molecule has 1 heterocycles. The van der Waals surface area contributed by atoms with Gasteiger partial charge in [0.2, 0.25) is 0 Å². The molecule has 3 nitrogen and oxygen atoms in total. The van der Waals surface area contributed by atoms with Gasteiger partial charge in [0.1, 0.15) is 17.4 Å². The van der Waals surface area contributed by atoms with Crippen molar-refractivity contribution in [3.05, 3.63) is 58.6 Å². The first kappa shape index (κ1) is 17.0. The summed E-state index contributed by atoms with van der Waals surface area (Å²) in [6.45, 7) is 3.19. The van der Waals surface area contributed by atoms with Gasteiger partial charge in [-0.3, -0.25) is 4.90 Å². The van der Waals surface area contributed by atoms with Crippen LogP contribution in [0.4, 0.5) is 14.5 Å². The number of halogens is 3. The SMILES string of the molecule is COc1ccc(Cl)cc1N1CCN(Cc2c(F)cccc2F)CC1. The maximum absolute atomic E-state index is 13.8. The van der Waals surface area contributed by atoms with E-state index in [1.807, 2.05) is 12.1 Å². The van der Waals surface area contributed by atoms with Crippen LogP contribution in [0.2, 0.25) is 5.02 Å². The third-order valence-corrected chi connectivity index (χ3v) is 4.53. The summed E-state index contributed by atoms with van der Waals surface area (Å²) in [5.41, 5.74) is 1.08. The van der Waals surface area contributed by atoms with E-state index < -0.39 is 11.6 Å². The number of ether oxygens (including phenoxy) is 1. The standard InChI is InChI=1S/C18H19ClF2N2O/c1-24-18-6-5-13(19)11-17(18)23-9-7-22(8-10-23)12-14-15(20)3-2-4-16(14)21/h2-6,11H,7-10,12H2,1H3. The molecule has 1 aliphatic rings. The molecule has 0 aliphatic carbocycles. The van der Waals surface area contributed by atoms with Gasteiger partial charge in [-0.1, -0.05) is 17.7 Å². The van der Waals surface area contributed by atoms with E-state index in [9.17, 15) is 8.78 Å². The van der Waals surface area contributed by atoms with Gasteiger partial charge >= 0.3 is 0 Å². The molecular weight excluding hydrogens is 334 g/mol. The first-order chi connectivity index (χ1) is 11.6. The highest BCUT2D eigenvalue weighted by molar-refractivity contribution is 6.30. The minimum atomic E-state index is -0.492. The summed E-state index contributed by atoms with van der Waals surface area (Å²) < 4.78 is 33.0. The first-order valence-corrected chi connectivity index (χ1v) is 8.20. The summed E-state index contributed by atoms with van der Waals surface area (Å²) in [5.74, 6) is -0.212. The van der Waals surface area contributed by atoms with E-state index in [0.717, 1.165) is 24.5 Å². The zero-order valence-corrected chi connectivity index (χ0v) is 14.2. The molecule has 0 amide bonds. The van der Waals surface area contributed by atoms with E-state index in [4.69, 9.17) is 16.3 Å². The largest absolute Gasteiger partial charge is 0.495 e. The van der Waals surface area contributed by atoms with Crippen LogP contribution < -0.4 is 9.64 Å². The normalized spacial score (nSPS) is 15.6. The number of benzene rings is 2. The number of methoxy groups -OCH3 is 1. The van der Waals surface area contributed by atoms with Gasteiger partial charge in [-0.05, 0) is 30.3 Å². The molecule has 0 N–H and O–H groups in total. The number of nitrogens with zero attached hydrogens (tertiary/aromatic N) is 2. The van der Waals surface area contributed by atoms with Crippen molar-refractivity contribution in [3.63, 3.8) is 0 Å². The Morgan fingerprint density at radius 1 is 1.04 bits per heavy atom. The van der Waals surface area contributed by atoms with Gasteiger partial charge in [0.05, 0.1) is 12.8 Å². The highest BCUT2D eigenvalue weighted by Gasteiger charge is 2.21. The average Bonchev–Trinajstić information content (AvgIpc) is 2.59. The summed E-state index contributed by atoms with van der Waals surface area (Å²) >= 11 is 6.09. The van der Waals surface area contributed by atoms with E-state index in [-0.39, 0.29) is 12.1 Å². The molecule has 0 unspecified atom stereocenters. The fourth-order valence-electron chi connectivity index (χ4n) is 2.96. The summed E-state index contributed by atoms with van der Waals surface area (Å²) in [4.78, 5) is 4.23. The third-order valence-electron chi connectivity index (χ3n) is 4.30. The van der Waals surface area contributed by atoms with E-state index in [2.05, 4.69) is 9.80 Å². The van der Waals surface area contributed by atoms with Crippen LogP contribution in [0.5, 0.6) is 5.75 Å². The van der Waals surface area contributed by atoms with Crippen molar-refractivity contribution >= 4 is 17.3 Å². The van der Waals surface area contributed by atoms with E-state index in [0.29, 0.717) is 18.1 Å². The molecule has 1 aliphatic heterocycles. The van der Waals surface area contributed by atoms with Crippen LogP contribution in [0.3, 0.4) is 0 Å². The van der Waals surface area contributed by atoms with Crippen LogP contribution in [-0.2, 0) is 6.54 Å². The van der Waals surface area contributed by atoms with Gasteiger partial charge in [-0.2, -0.15) is 0 Å². The van der Waals surface area contributed by atoms with E-state index in [1.54, 1.807) is 13.2 Å².